The quantitative estimate of drug-likeness (QED) is 0.836. The zero-order chi connectivity index (χ0) is 13.2. The molecule has 1 aromatic rings. The van der Waals surface area contributed by atoms with Gasteiger partial charge >= 0.3 is 0 Å². The van der Waals surface area contributed by atoms with Crippen molar-refractivity contribution in [3.63, 3.8) is 0 Å². The Kier molecular flexibility index (Phi) is 3.53. The van der Waals surface area contributed by atoms with Crippen molar-refractivity contribution in [2.75, 3.05) is 19.6 Å². The molecular formula is C15H21N3O. The highest BCUT2D eigenvalue weighted by Gasteiger charge is 2.32. The molecule has 0 spiro atoms. The Morgan fingerprint density at radius 3 is 2.68 bits per heavy atom. The van der Waals surface area contributed by atoms with Crippen molar-refractivity contribution in [3.05, 3.63) is 35.9 Å². The fourth-order valence-electron chi connectivity index (χ4n) is 2.80. The molecule has 0 unspecified atom stereocenters. The Labute approximate surface area is 114 Å². The van der Waals surface area contributed by atoms with Crippen molar-refractivity contribution in [2.24, 2.45) is 5.73 Å². The fourth-order valence-corrected chi connectivity index (χ4v) is 2.80. The second-order valence-electron chi connectivity index (χ2n) is 5.72. The molecule has 2 fully saturated rings. The van der Waals surface area contributed by atoms with Gasteiger partial charge in [0.05, 0.1) is 6.54 Å². The molecule has 1 aromatic carbocycles. The molecule has 19 heavy (non-hydrogen) atoms. The first kappa shape index (κ1) is 12.6. The van der Waals surface area contributed by atoms with Gasteiger partial charge in [-0.2, -0.15) is 0 Å². The average molecular weight is 259 g/mol. The predicted octanol–water partition coefficient (Wildman–Crippen LogP) is 0.692. The summed E-state index contributed by atoms with van der Waals surface area (Å²) < 4.78 is 0. The molecular weight excluding hydrogens is 238 g/mol. The molecule has 102 valence electrons. The predicted molar refractivity (Wildman–Crippen MR) is 74.8 cm³/mol. The number of benzene rings is 1. The van der Waals surface area contributed by atoms with E-state index < -0.39 is 0 Å². The molecule has 2 aliphatic rings. The van der Waals surface area contributed by atoms with E-state index in [4.69, 9.17) is 5.73 Å². The summed E-state index contributed by atoms with van der Waals surface area (Å²) in [5, 5.41) is 3.03. The van der Waals surface area contributed by atoms with Crippen LogP contribution < -0.4 is 11.1 Å². The van der Waals surface area contributed by atoms with E-state index in [9.17, 15) is 4.79 Å². The number of carbonyl (C=O) groups excluding carboxylic acids is 1. The van der Waals surface area contributed by atoms with E-state index in [1.54, 1.807) is 0 Å². The van der Waals surface area contributed by atoms with Crippen LogP contribution in [0.3, 0.4) is 0 Å². The maximum atomic E-state index is 11.8. The van der Waals surface area contributed by atoms with Crippen LogP contribution in [-0.4, -0.2) is 42.5 Å². The summed E-state index contributed by atoms with van der Waals surface area (Å²) in [4.78, 5) is 14.0. The van der Waals surface area contributed by atoms with Crippen molar-refractivity contribution < 1.29 is 4.79 Å². The van der Waals surface area contributed by atoms with Crippen molar-refractivity contribution in [3.8, 4) is 0 Å². The number of rotatable bonds is 4. The Morgan fingerprint density at radius 2 is 2.00 bits per heavy atom. The molecule has 1 heterocycles. The lowest BCUT2D eigenvalue weighted by Gasteiger charge is -2.15. The van der Waals surface area contributed by atoms with Gasteiger partial charge in [-0.05, 0) is 18.4 Å². The Bertz CT molecular complexity index is 444. The molecule has 1 saturated carbocycles. The van der Waals surface area contributed by atoms with E-state index in [0.717, 1.165) is 25.9 Å². The Hall–Kier alpha value is -1.39. The van der Waals surface area contributed by atoms with E-state index in [1.807, 2.05) is 18.2 Å². The second kappa shape index (κ2) is 5.31. The molecule has 1 aliphatic heterocycles. The number of hydrogen-bond donors (Lipinski definition) is 2. The normalized spacial score (nSPS) is 27.4. The summed E-state index contributed by atoms with van der Waals surface area (Å²) in [5.41, 5.74) is 7.50. The number of nitrogens with two attached hydrogens (primary N) is 1. The summed E-state index contributed by atoms with van der Waals surface area (Å²) in [7, 11) is 0. The lowest BCUT2D eigenvalue weighted by molar-refractivity contribution is -0.122. The summed E-state index contributed by atoms with van der Waals surface area (Å²) >= 11 is 0. The zero-order valence-electron chi connectivity index (χ0n) is 11.1. The van der Waals surface area contributed by atoms with Crippen molar-refractivity contribution in [2.45, 2.75) is 30.8 Å². The molecule has 0 bridgehead atoms. The Morgan fingerprint density at radius 1 is 1.26 bits per heavy atom. The largest absolute Gasteiger partial charge is 0.352 e. The molecule has 4 nitrogen and oxygen atoms in total. The zero-order valence-corrected chi connectivity index (χ0v) is 11.1. The maximum Gasteiger partial charge on any atom is 0.234 e. The molecule has 2 atom stereocenters. The number of nitrogens with one attached hydrogen (secondary N) is 1. The molecule has 4 heteroatoms. The van der Waals surface area contributed by atoms with Crippen LogP contribution in [-0.2, 0) is 4.79 Å². The molecule has 1 aliphatic carbocycles. The van der Waals surface area contributed by atoms with Gasteiger partial charge in [-0.3, -0.25) is 9.69 Å². The summed E-state index contributed by atoms with van der Waals surface area (Å²) in [6, 6.07) is 10.9. The first-order valence-electron chi connectivity index (χ1n) is 7.04. The van der Waals surface area contributed by atoms with Crippen LogP contribution in [0.15, 0.2) is 30.3 Å². The van der Waals surface area contributed by atoms with Crippen LogP contribution in [0.5, 0.6) is 0 Å². The third-order valence-corrected chi connectivity index (χ3v) is 3.98. The van der Waals surface area contributed by atoms with Crippen molar-refractivity contribution >= 4 is 5.91 Å². The number of likely N-dealkylation sites (tertiary alicyclic amines) is 1. The minimum atomic E-state index is 0.121. The number of carbonyl (C=O) groups is 1. The molecule has 0 aromatic heterocycles. The highest BCUT2D eigenvalue weighted by atomic mass is 16.2. The summed E-state index contributed by atoms with van der Waals surface area (Å²) in [6.45, 7) is 2.16. The summed E-state index contributed by atoms with van der Waals surface area (Å²) in [5.74, 6) is 0.485. The van der Waals surface area contributed by atoms with Gasteiger partial charge in [0.25, 0.3) is 0 Å². The van der Waals surface area contributed by atoms with E-state index in [-0.39, 0.29) is 11.9 Å². The van der Waals surface area contributed by atoms with Gasteiger partial charge in [0, 0.05) is 31.1 Å². The van der Waals surface area contributed by atoms with E-state index in [2.05, 4.69) is 22.3 Å². The van der Waals surface area contributed by atoms with E-state index in [0.29, 0.717) is 18.5 Å². The highest BCUT2D eigenvalue weighted by Crippen LogP contribution is 2.26. The minimum Gasteiger partial charge on any atom is -0.352 e. The van der Waals surface area contributed by atoms with Crippen molar-refractivity contribution in [1.82, 2.24) is 10.2 Å². The smallest absolute Gasteiger partial charge is 0.234 e. The first-order chi connectivity index (χ1) is 9.22. The fraction of sp³-hybridized carbons (Fsp3) is 0.533. The van der Waals surface area contributed by atoms with Gasteiger partial charge in [0.15, 0.2) is 0 Å². The van der Waals surface area contributed by atoms with Crippen LogP contribution >= 0.6 is 0 Å². The Balaban J connectivity index is 1.57. The number of hydrogen-bond acceptors (Lipinski definition) is 3. The van der Waals surface area contributed by atoms with Gasteiger partial charge in [0.1, 0.15) is 0 Å². The van der Waals surface area contributed by atoms with E-state index >= 15 is 0 Å². The highest BCUT2D eigenvalue weighted by molar-refractivity contribution is 5.78. The van der Waals surface area contributed by atoms with Crippen LogP contribution in [0.1, 0.15) is 24.3 Å². The molecule has 0 radical (unpaired) electrons. The molecule has 3 rings (SSSR count). The standard InChI is InChI=1S/C15H21N3O/c16-14-9-18(10-15(19)17-12-6-7-12)8-13(14)11-4-2-1-3-5-11/h1-5,12-14H,6-10,16H2,(H,17,19)/t13-,14+/m0/s1. The van der Waals surface area contributed by atoms with Crippen LogP contribution in [0.2, 0.25) is 0 Å². The van der Waals surface area contributed by atoms with Gasteiger partial charge in [0.2, 0.25) is 5.91 Å². The van der Waals surface area contributed by atoms with Crippen LogP contribution in [0, 0.1) is 0 Å². The second-order valence-corrected chi connectivity index (χ2v) is 5.72. The summed E-state index contributed by atoms with van der Waals surface area (Å²) in [6.07, 6.45) is 2.27. The number of nitrogens with zero attached hydrogens (tertiary/aromatic N) is 1. The van der Waals surface area contributed by atoms with Crippen LogP contribution in [0.4, 0.5) is 0 Å². The first-order valence-corrected chi connectivity index (χ1v) is 7.04. The lowest BCUT2D eigenvalue weighted by atomic mass is 9.95. The van der Waals surface area contributed by atoms with E-state index in [1.165, 1.54) is 5.56 Å². The monoisotopic (exact) mass is 259 g/mol. The SMILES string of the molecule is N[C@@H]1CN(CC(=O)NC2CC2)C[C@H]1c1ccccc1. The van der Waals surface area contributed by atoms with Gasteiger partial charge < -0.3 is 11.1 Å². The maximum absolute atomic E-state index is 11.8. The minimum absolute atomic E-state index is 0.121. The van der Waals surface area contributed by atoms with Gasteiger partial charge in [-0.25, -0.2) is 0 Å². The van der Waals surface area contributed by atoms with Crippen molar-refractivity contribution in [1.29, 1.82) is 0 Å². The molecule has 1 saturated heterocycles. The topological polar surface area (TPSA) is 58.4 Å². The molecule has 1 amide bonds. The number of amides is 1. The van der Waals surface area contributed by atoms with Crippen LogP contribution in [0.25, 0.3) is 0 Å². The lowest BCUT2D eigenvalue weighted by Crippen LogP contribution is -2.38. The third-order valence-electron chi connectivity index (χ3n) is 3.98. The molecule has 3 N–H and O–H groups in total. The third kappa shape index (κ3) is 3.14. The van der Waals surface area contributed by atoms with Gasteiger partial charge in [-0.1, -0.05) is 30.3 Å². The van der Waals surface area contributed by atoms with Gasteiger partial charge in [-0.15, -0.1) is 0 Å². The average Bonchev–Trinajstić information content (AvgIpc) is 3.13.